The average molecular weight is 487 g/mol. The zero-order valence-corrected chi connectivity index (χ0v) is 18.4. The van der Waals surface area contributed by atoms with E-state index in [1.54, 1.807) is 0 Å². The van der Waals surface area contributed by atoms with Crippen molar-refractivity contribution in [3.05, 3.63) is 88.4 Å². The van der Waals surface area contributed by atoms with Crippen molar-refractivity contribution in [2.45, 2.75) is 16.7 Å². The number of aromatic amines is 1. The van der Waals surface area contributed by atoms with Gasteiger partial charge in [-0.2, -0.15) is 4.72 Å². The number of H-pyrrole nitrogens is 1. The number of carboxylic acid groups (broad SMARTS) is 1. The predicted octanol–water partition coefficient (Wildman–Crippen LogP) is 3.88. The number of sulfonamides is 1. The molecule has 0 bridgehead atoms. The lowest BCUT2D eigenvalue weighted by atomic mass is 10.1. The van der Waals surface area contributed by atoms with Crippen LogP contribution in [-0.4, -0.2) is 30.5 Å². The van der Waals surface area contributed by atoms with Gasteiger partial charge in [-0.1, -0.05) is 11.8 Å². The summed E-state index contributed by atoms with van der Waals surface area (Å²) in [5.74, 6) is 3.39. The fraction of sp³-hybridized carbons (Fsp3) is 0.0870. The number of halogens is 2. The molecule has 0 aliphatic heterocycles. The number of benzene rings is 2. The molecular formula is C23H16F2N2O4S2. The molecule has 0 radical (unpaired) electrons. The molecule has 4 aromatic rings. The van der Waals surface area contributed by atoms with Crippen molar-refractivity contribution in [3.63, 3.8) is 0 Å². The predicted molar refractivity (Wildman–Crippen MR) is 120 cm³/mol. The third kappa shape index (κ3) is 5.28. The van der Waals surface area contributed by atoms with Gasteiger partial charge in [0, 0.05) is 29.1 Å². The fourth-order valence-electron chi connectivity index (χ4n) is 3.16. The molecule has 168 valence electrons. The fourth-order valence-corrected chi connectivity index (χ4v) is 5.53. The van der Waals surface area contributed by atoms with Crippen LogP contribution in [-0.2, 0) is 21.2 Å². The second-order valence-corrected chi connectivity index (χ2v) is 10.1. The highest BCUT2D eigenvalue weighted by molar-refractivity contribution is 7.91. The van der Waals surface area contributed by atoms with Gasteiger partial charge in [0.25, 0.3) is 10.0 Å². The molecule has 0 aliphatic carbocycles. The van der Waals surface area contributed by atoms with Gasteiger partial charge in [0.1, 0.15) is 21.9 Å². The molecule has 6 nitrogen and oxygen atoms in total. The Bertz CT molecular complexity index is 1500. The van der Waals surface area contributed by atoms with Crippen LogP contribution in [0.3, 0.4) is 0 Å². The molecule has 1 atom stereocenters. The minimum Gasteiger partial charge on any atom is -0.480 e. The largest absolute Gasteiger partial charge is 0.480 e. The summed E-state index contributed by atoms with van der Waals surface area (Å²) in [4.78, 5) is 15.1. The van der Waals surface area contributed by atoms with E-state index < -0.39 is 27.9 Å². The van der Waals surface area contributed by atoms with Crippen LogP contribution in [0.15, 0.2) is 65.0 Å². The Morgan fingerprint density at radius 2 is 1.79 bits per heavy atom. The molecule has 0 amide bonds. The number of nitrogens with one attached hydrogen (secondary N) is 2. The Morgan fingerprint density at radius 1 is 1.06 bits per heavy atom. The first-order chi connectivity index (χ1) is 15.7. The Labute approximate surface area is 191 Å². The van der Waals surface area contributed by atoms with Gasteiger partial charge in [0.15, 0.2) is 0 Å². The third-order valence-electron chi connectivity index (χ3n) is 4.77. The maximum atomic E-state index is 13.6. The Kier molecular flexibility index (Phi) is 6.29. The summed E-state index contributed by atoms with van der Waals surface area (Å²) in [5, 5.41) is 10.1. The summed E-state index contributed by atoms with van der Waals surface area (Å²) in [6.45, 7) is 0. The van der Waals surface area contributed by atoms with Crippen molar-refractivity contribution in [1.29, 1.82) is 0 Å². The molecule has 2 aromatic carbocycles. The smallest absolute Gasteiger partial charge is 0.322 e. The van der Waals surface area contributed by atoms with E-state index in [0.717, 1.165) is 11.3 Å². The lowest BCUT2D eigenvalue weighted by Gasteiger charge is -2.13. The number of rotatable bonds is 6. The normalized spacial score (nSPS) is 12.3. The van der Waals surface area contributed by atoms with E-state index in [-0.39, 0.29) is 16.4 Å². The Morgan fingerprint density at radius 3 is 2.52 bits per heavy atom. The number of fused-ring (bicyclic) bond motifs is 1. The maximum Gasteiger partial charge on any atom is 0.322 e. The molecule has 0 aliphatic rings. The van der Waals surface area contributed by atoms with Gasteiger partial charge in [-0.05, 0) is 60.2 Å². The standard InChI is InChI=1S/C23H16F2N2O4S2/c24-16-4-1-14(2-5-16)3-7-18-8-10-22(32-18)33(30,31)27-21(23(28)29)11-15-13-26-20-9-6-17(25)12-19(15)20/h1-2,4-6,8-10,12-13,21,26-27H,11H2,(H,28,29)/t21-/m1/s1. The van der Waals surface area contributed by atoms with Crippen LogP contribution < -0.4 is 4.72 Å². The van der Waals surface area contributed by atoms with Crippen molar-refractivity contribution < 1.29 is 27.1 Å². The van der Waals surface area contributed by atoms with Gasteiger partial charge in [0.2, 0.25) is 0 Å². The van der Waals surface area contributed by atoms with Crippen LogP contribution in [0.1, 0.15) is 16.0 Å². The van der Waals surface area contributed by atoms with E-state index >= 15 is 0 Å². The number of thiophene rings is 1. The van der Waals surface area contributed by atoms with Gasteiger partial charge < -0.3 is 10.1 Å². The molecule has 0 spiro atoms. The number of aliphatic carboxylic acids is 1. The van der Waals surface area contributed by atoms with E-state index in [1.165, 1.54) is 60.8 Å². The van der Waals surface area contributed by atoms with Crippen molar-refractivity contribution >= 4 is 38.2 Å². The summed E-state index contributed by atoms with van der Waals surface area (Å²) in [6, 6.07) is 11.0. The molecule has 3 N–H and O–H groups in total. The monoisotopic (exact) mass is 486 g/mol. The van der Waals surface area contributed by atoms with E-state index in [9.17, 15) is 27.1 Å². The highest BCUT2D eigenvalue weighted by Crippen LogP contribution is 2.24. The Hall–Kier alpha value is -3.52. The lowest BCUT2D eigenvalue weighted by molar-refractivity contribution is -0.138. The third-order valence-corrected chi connectivity index (χ3v) is 7.73. The topological polar surface area (TPSA) is 99.3 Å². The zero-order valence-electron chi connectivity index (χ0n) is 16.8. The van der Waals surface area contributed by atoms with Crippen molar-refractivity contribution in [1.82, 2.24) is 9.71 Å². The number of aromatic nitrogens is 1. The van der Waals surface area contributed by atoms with Crippen LogP contribution in [0, 0.1) is 23.5 Å². The Balaban J connectivity index is 1.53. The second-order valence-electron chi connectivity index (χ2n) is 7.10. The van der Waals surface area contributed by atoms with Crippen LogP contribution >= 0.6 is 11.3 Å². The highest BCUT2D eigenvalue weighted by Gasteiger charge is 2.27. The molecule has 0 unspecified atom stereocenters. The van der Waals surface area contributed by atoms with Gasteiger partial charge in [0.05, 0.1) is 4.88 Å². The maximum absolute atomic E-state index is 13.6. The van der Waals surface area contributed by atoms with E-state index in [1.807, 2.05) is 0 Å². The number of hydrogen-bond acceptors (Lipinski definition) is 4. The van der Waals surface area contributed by atoms with Crippen LogP contribution in [0.2, 0.25) is 0 Å². The van der Waals surface area contributed by atoms with Gasteiger partial charge >= 0.3 is 5.97 Å². The molecule has 0 saturated heterocycles. The molecule has 2 aromatic heterocycles. The van der Waals surface area contributed by atoms with E-state index in [2.05, 4.69) is 21.5 Å². The van der Waals surface area contributed by atoms with E-state index in [0.29, 0.717) is 26.9 Å². The van der Waals surface area contributed by atoms with Gasteiger partial charge in [-0.25, -0.2) is 17.2 Å². The summed E-state index contributed by atoms with van der Waals surface area (Å²) in [7, 11) is -4.15. The van der Waals surface area contributed by atoms with Gasteiger partial charge in [-0.15, -0.1) is 11.3 Å². The first kappa shape index (κ1) is 22.7. The molecule has 10 heteroatoms. The minimum atomic E-state index is -4.15. The van der Waals surface area contributed by atoms with Crippen LogP contribution in [0.25, 0.3) is 10.9 Å². The number of carbonyl (C=O) groups is 1. The quantitative estimate of drug-likeness (QED) is 0.360. The van der Waals surface area contributed by atoms with E-state index in [4.69, 9.17) is 0 Å². The van der Waals surface area contributed by atoms with Crippen LogP contribution in [0.5, 0.6) is 0 Å². The van der Waals surface area contributed by atoms with Crippen molar-refractivity contribution in [2.75, 3.05) is 0 Å². The number of hydrogen-bond donors (Lipinski definition) is 3. The minimum absolute atomic E-state index is 0.0953. The van der Waals surface area contributed by atoms with Crippen molar-refractivity contribution in [3.8, 4) is 11.8 Å². The molecule has 33 heavy (non-hydrogen) atoms. The van der Waals surface area contributed by atoms with Crippen LogP contribution in [0.4, 0.5) is 8.78 Å². The highest BCUT2D eigenvalue weighted by atomic mass is 32.2. The summed E-state index contributed by atoms with van der Waals surface area (Å²) < 4.78 is 54.3. The lowest BCUT2D eigenvalue weighted by Crippen LogP contribution is -2.41. The molecular weight excluding hydrogens is 470 g/mol. The summed E-state index contributed by atoms with van der Waals surface area (Å²) in [5.41, 5.74) is 1.64. The summed E-state index contributed by atoms with van der Waals surface area (Å²) >= 11 is 0.882. The van der Waals surface area contributed by atoms with Crippen molar-refractivity contribution in [2.24, 2.45) is 0 Å². The van der Waals surface area contributed by atoms with Gasteiger partial charge in [-0.3, -0.25) is 4.79 Å². The molecule has 0 saturated carbocycles. The first-order valence-electron chi connectivity index (χ1n) is 9.59. The summed E-state index contributed by atoms with van der Waals surface area (Å²) in [6.07, 6.45) is 1.35. The number of carboxylic acids is 1. The SMILES string of the molecule is O=C(O)[C@@H](Cc1c[nH]c2ccc(F)cc12)NS(=O)(=O)c1ccc(C#Cc2ccc(F)cc2)s1. The molecule has 0 fully saturated rings. The first-order valence-corrected chi connectivity index (χ1v) is 11.9. The molecule has 2 heterocycles. The molecule has 4 rings (SSSR count). The average Bonchev–Trinajstić information content (AvgIpc) is 3.40. The zero-order chi connectivity index (χ0) is 23.6. The second kappa shape index (κ2) is 9.15.